The third kappa shape index (κ3) is 4.67. The van der Waals surface area contributed by atoms with Crippen LogP contribution < -0.4 is 4.74 Å². The molecule has 4 rings (SSSR count). The summed E-state index contributed by atoms with van der Waals surface area (Å²) < 4.78 is 23.6. The molecule has 1 fully saturated rings. The number of alkyl halides is 1. The molecule has 0 aliphatic carbocycles. The molecular weight excluding hydrogens is 343 g/mol. The lowest BCUT2D eigenvalue weighted by Gasteiger charge is -2.34. The maximum absolute atomic E-state index is 12.3. The van der Waals surface area contributed by atoms with E-state index in [2.05, 4.69) is 28.0 Å². The first-order valence-electron chi connectivity index (χ1n) is 9.50. The molecule has 0 N–H and O–H groups in total. The normalized spacial score (nSPS) is 16.0. The molecule has 2 heterocycles. The molecule has 2 aromatic carbocycles. The molecule has 1 aliphatic heterocycles. The number of hydrogen-bond acceptors (Lipinski definition) is 4. The van der Waals surface area contributed by atoms with Gasteiger partial charge in [-0.15, -0.1) is 0 Å². The van der Waals surface area contributed by atoms with Crippen molar-refractivity contribution in [1.29, 1.82) is 0 Å². The number of furan rings is 1. The van der Waals surface area contributed by atoms with E-state index < -0.39 is 6.67 Å². The Balaban J connectivity index is 1.28. The van der Waals surface area contributed by atoms with E-state index in [1.54, 1.807) is 0 Å². The third-order valence-corrected chi connectivity index (χ3v) is 4.97. The van der Waals surface area contributed by atoms with Crippen LogP contribution in [0.3, 0.4) is 0 Å². The van der Waals surface area contributed by atoms with E-state index in [1.165, 1.54) is 10.9 Å². The fourth-order valence-corrected chi connectivity index (χ4v) is 3.59. The largest absolute Gasteiger partial charge is 0.491 e. The molecule has 5 heteroatoms. The summed E-state index contributed by atoms with van der Waals surface area (Å²) in [6.45, 7) is 5.50. The minimum absolute atomic E-state index is 0.115. The topological polar surface area (TPSA) is 28.9 Å². The van der Waals surface area contributed by atoms with Crippen molar-refractivity contribution < 1.29 is 13.5 Å². The molecule has 27 heavy (non-hydrogen) atoms. The van der Waals surface area contributed by atoms with Crippen molar-refractivity contribution in [3.8, 4) is 5.75 Å². The van der Waals surface area contributed by atoms with Crippen LogP contribution in [0.5, 0.6) is 5.75 Å². The highest BCUT2D eigenvalue weighted by Gasteiger charge is 2.18. The number of ether oxygens (including phenoxy) is 1. The van der Waals surface area contributed by atoms with E-state index in [9.17, 15) is 4.39 Å². The summed E-state index contributed by atoms with van der Waals surface area (Å²) in [6.07, 6.45) is 0. The highest BCUT2D eigenvalue weighted by atomic mass is 19.1. The number of piperazine rings is 1. The van der Waals surface area contributed by atoms with E-state index in [-0.39, 0.29) is 6.61 Å². The van der Waals surface area contributed by atoms with E-state index in [0.717, 1.165) is 56.4 Å². The van der Waals surface area contributed by atoms with E-state index in [1.807, 2.05) is 36.4 Å². The summed E-state index contributed by atoms with van der Waals surface area (Å²) >= 11 is 0. The van der Waals surface area contributed by atoms with Crippen LogP contribution in [0.2, 0.25) is 0 Å². The first-order chi connectivity index (χ1) is 13.3. The number of rotatable bonds is 7. The molecule has 142 valence electrons. The van der Waals surface area contributed by atoms with Crippen LogP contribution in [-0.2, 0) is 13.1 Å². The maximum atomic E-state index is 12.3. The summed E-state index contributed by atoms with van der Waals surface area (Å²) in [7, 11) is 0. The fraction of sp³-hybridized carbons (Fsp3) is 0.364. The lowest BCUT2D eigenvalue weighted by atomic mass is 10.2. The lowest BCUT2D eigenvalue weighted by molar-refractivity contribution is 0.116. The molecule has 0 spiro atoms. The molecule has 0 unspecified atom stereocenters. The van der Waals surface area contributed by atoms with Crippen molar-refractivity contribution in [2.45, 2.75) is 13.1 Å². The number of benzene rings is 2. The smallest absolute Gasteiger partial charge is 0.134 e. The maximum Gasteiger partial charge on any atom is 0.134 e. The highest BCUT2D eigenvalue weighted by molar-refractivity contribution is 5.77. The molecule has 1 saturated heterocycles. The lowest BCUT2D eigenvalue weighted by Crippen LogP contribution is -2.45. The van der Waals surface area contributed by atoms with E-state index in [0.29, 0.717) is 0 Å². The van der Waals surface area contributed by atoms with Crippen molar-refractivity contribution >= 4 is 11.0 Å². The Morgan fingerprint density at radius 3 is 2.44 bits per heavy atom. The zero-order valence-corrected chi connectivity index (χ0v) is 15.4. The predicted octanol–water partition coefficient (Wildman–Crippen LogP) is 4.10. The minimum Gasteiger partial charge on any atom is -0.491 e. The molecule has 0 saturated carbocycles. The average Bonchev–Trinajstić information content (AvgIpc) is 3.10. The monoisotopic (exact) mass is 368 g/mol. The summed E-state index contributed by atoms with van der Waals surface area (Å²) in [4.78, 5) is 4.89. The summed E-state index contributed by atoms with van der Waals surface area (Å²) in [6, 6.07) is 18.3. The van der Waals surface area contributed by atoms with Gasteiger partial charge < -0.3 is 9.15 Å². The Bertz CT molecular complexity index is 838. The van der Waals surface area contributed by atoms with Gasteiger partial charge in [-0.05, 0) is 29.8 Å². The van der Waals surface area contributed by atoms with Crippen LogP contribution >= 0.6 is 0 Å². The van der Waals surface area contributed by atoms with Gasteiger partial charge in [0.2, 0.25) is 0 Å². The Labute approximate surface area is 159 Å². The molecule has 0 radical (unpaired) electrons. The van der Waals surface area contributed by atoms with E-state index in [4.69, 9.17) is 9.15 Å². The van der Waals surface area contributed by atoms with Crippen LogP contribution in [0.25, 0.3) is 11.0 Å². The Morgan fingerprint density at radius 1 is 0.889 bits per heavy atom. The first kappa shape index (κ1) is 18.0. The van der Waals surface area contributed by atoms with Gasteiger partial charge in [0.05, 0.1) is 6.54 Å². The van der Waals surface area contributed by atoms with E-state index >= 15 is 0 Å². The second-order valence-electron chi connectivity index (χ2n) is 6.99. The van der Waals surface area contributed by atoms with Crippen LogP contribution in [0, 0.1) is 0 Å². The SMILES string of the molecule is FCCOc1cccc(CN2CCN(Cc3cc4ccccc4o3)CC2)c1. The first-order valence-corrected chi connectivity index (χ1v) is 9.50. The Morgan fingerprint density at radius 2 is 1.67 bits per heavy atom. The second kappa shape index (κ2) is 8.55. The van der Waals surface area contributed by atoms with Gasteiger partial charge >= 0.3 is 0 Å². The summed E-state index contributed by atoms with van der Waals surface area (Å²) in [5, 5.41) is 1.17. The zero-order valence-electron chi connectivity index (χ0n) is 15.4. The van der Waals surface area contributed by atoms with Gasteiger partial charge in [-0.1, -0.05) is 30.3 Å². The predicted molar refractivity (Wildman–Crippen MR) is 105 cm³/mol. The standard InChI is InChI=1S/C22H25FN2O2/c23-8-13-26-20-6-3-4-18(14-20)16-24-9-11-25(12-10-24)17-21-15-19-5-1-2-7-22(19)27-21/h1-7,14-15H,8-13,16-17H2. The quantitative estimate of drug-likeness (QED) is 0.628. The molecule has 3 aromatic rings. The summed E-state index contributed by atoms with van der Waals surface area (Å²) in [5.74, 6) is 1.77. The van der Waals surface area contributed by atoms with Crippen LogP contribution in [0.1, 0.15) is 11.3 Å². The fourth-order valence-electron chi connectivity index (χ4n) is 3.59. The number of para-hydroxylation sites is 1. The number of fused-ring (bicyclic) bond motifs is 1. The van der Waals surface area contributed by atoms with Crippen LogP contribution in [-0.4, -0.2) is 49.3 Å². The van der Waals surface area contributed by atoms with Gasteiger partial charge in [0, 0.05) is 38.1 Å². The van der Waals surface area contributed by atoms with Gasteiger partial charge in [-0.2, -0.15) is 0 Å². The number of hydrogen-bond donors (Lipinski definition) is 0. The molecule has 0 atom stereocenters. The Kier molecular flexibility index (Phi) is 5.70. The molecule has 0 amide bonds. The third-order valence-electron chi connectivity index (χ3n) is 4.97. The van der Waals surface area contributed by atoms with Crippen molar-refractivity contribution in [2.75, 3.05) is 39.5 Å². The Hall–Kier alpha value is -2.37. The molecule has 4 nitrogen and oxygen atoms in total. The van der Waals surface area contributed by atoms with Crippen molar-refractivity contribution in [2.24, 2.45) is 0 Å². The van der Waals surface area contributed by atoms with Gasteiger partial charge in [-0.3, -0.25) is 9.80 Å². The number of halogens is 1. The van der Waals surface area contributed by atoms with Gasteiger partial charge in [0.1, 0.15) is 30.4 Å². The highest BCUT2D eigenvalue weighted by Crippen LogP contribution is 2.21. The van der Waals surface area contributed by atoms with Crippen LogP contribution in [0.15, 0.2) is 59.0 Å². The number of nitrogens with zero attached hydrogens (tertiary/aromatic N) is 2. The molecule has 0 bridgehead atoms. The van der Waals surface area contributed by atoms with Crippen molar-refractivity contribution in [3.05, 3.63) is 65.9 Å². The molecular formula is C22H25FN2O2. The van der Waals surface area contributed by atoms with Crippen molar-refractivity contribution in [3.63, 3.8) is 0 Å². The van der Waals surface area contributed by atoms with Crippen molar-refractivity contribution in [1.82, 2.24) is 9.80 Å². The zero-order chi connectivity index (χ0) is 18.5. The van der Waals surface area contributed by atoms with Gasteiger partial charge in [0.25, 0.3) is 0 Å². The second-order valence-corrected chi connectivity index (χ2v) is 6.99. The summed E-state index contributed by atoms with van der Waals surface area (Å²) in [5.41, 5.74) is 2.16. The molecule has 1 aliphatic rings. The van der Waals surface area contributed by atoms with Crippen LogP contribution in [0.4, 0.5) is 4.39 Å². The minimum atomic E-state index is -0.461. The molecule has 1 aromatic heterocycles. The van der Waals surface area contributed by atoms with Gasteiger partial charge in [-0.25, -0.2) is 4.39 Å². The van der Waals surface area contributed by atoms with Gasteiger partial charge in [0.15, 0.2) is 0 Å². The average molecular weight is 368 g/mol.